The zero-order valence-corrected chi connectivity index (χ0v) is 13.5. The summed E-state index contributed by atoms with van der Waals surface area (Å²) >= 11 is 1.79. The molecule has 1 fully saturated rings. The van der Waals surface area contributed by atoms with Gasteiger partial charge in [0.25, 0.3) is 0 Å². The zero-order chi connectivity index (χ0) is 14.7. The van der Waals surface area contributed by atoms with Crippen LogP contribution in [0.4, 0.5) is 0 Å². The van der Waals surface area contributed by atoms with Gasteiger partial charge in [-0.05, 0) is 49.8 Å². The molecule has 0 amide bonds. The van der Waals surface area contributed by atoms with Gasteiger partial charge in [-0.1, -0.05) is 24.2 Å². The van der Waals surface area contributed by atoms with Crippen LogP contribution in [-0.2, 0) is 13.0 Å². The van der Waals surface area contributed by atoms with E-state index < -0.39 is 0 Å². The number of thioether (sulfide) groups is 1. The van der Waals surface area contributed by atoms with Crippen molar-refractivity contribution >= 4 is 11.8 Å². The summed E-state index contributed by atoms with van der Waals surface area (Å²) in [5, 5.41) is 4.14. The van der Waals surface area contributed by atoms with Crippen LogP contribution < -0.4 is 0 Å². The van der Waals surface area contributed by atoms with E-state index in [0.29, 0.717) is 6.04 Å². The van der Waals surface area contributed by atoms with E-state index in [4.69, 9.17) is 4.52 Å². The molecule has 112 valence electrons. The van der Waals surface area contributed by atoms with Crippen LogP contribution in [0.5, 0.6) is 0 Å². The van der Waals surface area contributed by atoms with Crippen LogP contribution in [0.3, 0.4) is 0 Å². The summed E-state index contributed by atoms with van der Waals surface area (Å²) in [7, 11) is 0. The summed E-state index contributed by atoms with van der Waals surface area (Å²) in [6.45, 7) is 4.24. The summed E-state index contributed by atoms with van der Waals surface area (Å²) < 4.78 is 5.55. The van der Waals surface area contributed by atoms with Gasteiger partial charge in [-0.2, -0.15) is 0 Å². The molecule has 3 rings (SSSR count). The van der Waals surface area contributed by atoms with Crippen molar-refractivity contribution in [2.75, 3.05) is 12.8 Å². The van der Waals surface area contributed by atoms with E-state index in [-0.39, 0.29) is 0 Å². The Morgan fingerprint density at radius 2 is 2.14 bits per heavy atom. The van der Waals surface area contributed by atoms with Gasteiger partial charge in [-0.25, -0.2) is 0 Å². The van der Waals surface area contributed by atoms with Gasteiger partial charge >= 0.3 is 0 Å². The maximum atomic E-state index is 5.55. The maximum Gasteiger partial charge on any atom is 0.154 e. The van der Waals surface area contributed by atoms with Gasteiger partial charge in [0.05, 0.1) is 11.7 Å². The summed E-state index contributed by atoms with van der Waals surface area (Å²) in [5.41, 5.74) is 2.43. The minimum atomic E-state index is 0.387. The van der Waals surface area contributed by atoms with Crippen LogP contribution in [0.15, 0.2) is 39.8 Å². The lowest BCUT2D eigenvalue weighted by molar-refractivity contribution is 0.206. The van der Waals surface area contributed by atoms with E-state index in [2.05, 4.69) is 53.6 Å². The standard InChI is InChI=1S/C17H22N2OS/c1-3-14-11-17(20-18-14)16-5-4-10-19(16)12-13-6-8-15(21-2)9-7-13/h6-9,11,16H,3-5,10,12H2,1-2H3. The molecule has 0 spiro atoms. The monoisotopic (exact) mass is 302 g/mol. The van der Waals surface area contributed by atoms with Crippen molar-refractivity contribution < 1.29 is 4.52 Å². The third kappa shape index (κ3) is 3.33. The Morgan fingerprint density at radius 1 is 1.33 bits per heavy atom. The summed E-state index contributed by atoms with van der Waals surface area (Å²) in [5.74, 6) is 1.03. The van der Waals surface area contributed by atoms with E-state index in [1.54, 1.807) is 11.8 Å². The molecule has 4 heteroatoms. The summed E-state index contributed by atoms with van der Waals surface area (Å²) in [6, 6.07) is 11.4. The van der Waals surface area contributed by atoms with Crippen LogP contribution in [0.25, 0.3) is 0 Å². The Morgan fingerprint density at radius 3 is 2.81 bits per heavy atom. The molecule has 21 heavy (non-hydrogen) atoms. The van der Waals surface area contributed by atoms with Crippen LogP contribution in [-0.4, -0.2) is 22.9 Å². The fourth-order valence-electron chi connectivity index (χ4n) is 2.95. The lowest BCUT2D eigenvalue weighted by atomic mass is 10.1. The van der Waals surface area contributed by atoms with Crippen molar-refractivity contribution in [3.63, 3.8) is 0 Å². The molecule has 0 N–H and O–H groups in total. The van der Waals surface area contributed by atoms with Gasteiger partial charge in [0, 0.05) is 17.5 Å². The molecule has 0 aliphatic carbocycles. The maximum absolute atomic E-state index is 5.55. The minimum Gasteiger partial charge on any atom is -0.359 e. The molecule has 1 aliphatic rings. The predicted octanol–water partition coefficient (Wildman–Crippen LogP) is 4.30. The highest BCUT2D eigenvalue weighted by atomic mass is 32.2. The molecule has 2 aromatic rings. The lowest BCUT2D eigenvalue weighted by Crippen LogP contribution is -2.22. The molecule has 0 saturated carbocycles. The third-order valence-electron chi connectivity index (χ3n) is 4.18. The average molecular weight is 302 g/mol. The van der Waals surface area contributed by atoms with E-state index in [9.17, 15) is 0 Å². The van der Waals surface area contributed by atoms with Crippen LogP contribution in [0, 0.1) is 0 Å². The Balaban J connectivity index is 1.71. The van der Waals surface area contributed by atoms with Crippen molar-refractivity contribution in [3.05, 3.63) is 47.3 Å². The predicted molar refractivity (Wildman–Crippen MR) is 86.5 cm³/mol. The first kappa shape index (κ1) is 14.7. The second-order valence-corrected chi connectivity index (χ2v) is 6.43. The second kappa shape index (κ2) is 6.67. The minimum absolute atomic E-state index is 0.387. The number of aryl methyl sites for hydroxylation is 1. The van der Waals surface area contributed by atoms with Crippen molar-refractivity contribution in [1.29, 1.82) is 0 Å². The first-order chi connectivity index (χ1) is 10.3. The first-order valence-corrected chi connectivity index (χ1v) is 8.85. The highest BCUT2D eigenvalue weighted by molar-refractivity contribution is 7.98. The quantitative estimate of drug-likeness (QED) is 0.770. The highest BCUT2D eigenvalue weighted by Gasteiger charge is 2.29. The largest absolute Gasteiger partial charge is 0.359 e. The molecule has 0 radical (unpaired) electrons. The average Bonchev–Trinajstić information content (AvgIpc) is 3.16. The molecule has 2 heterocycles. The van der Waals surface area contributed by atoms with E-state index in [1.807, 2.05) is 0 Å². The zero-order valence-electron chi connectivity index (χ0n) is 12.7. The number of hydrogen-bond donors (Lipinski definition) is 0. The molecular formula is C17H22N2OS. The van der Waals surface area contributed by atoms with Crippen molar-refractivity contribution in [2.45, 2.75) is 43.7 Å². The number of benzene rings is 1. The Labute approximate surface area is 130 Å². The van der Waals surface area contributed by atoms with Crippen LogP contribution >= 0.6 is 11.8 Å². The lowest BCUT2D eigenvalue weighted by Gasteiger charge is -2.22. The van der Waals surface area contributed by atoms with E-state index in [1.165, 1.54) is 23.3 Å². The molecule has 1 aromatic heterocycles. The van der Waals surface area contributed by atoms with Gasteiger partial charge in [0.1, 0.15) is 0 Å². The number of rotatable bonds is 5. The number of nitrogens with zero attached hydrogens (tertiary/aromatic N) is 2. The SMILES string of the molecule is CCc1cc(C2CCCN2Cc2ccc(SC)cc2)on1. The number of hydrogen-bond acceptors (Lipinski definition) is 4. The van der Waals surface area contributed by atoms with Crippen LogP contribution in [0.1, 0.15) is 42.8 Å². The van der Waals surface area contributed by atoms with Gasteiger partial charge in [0.15, 0.2) is 5.76 Å². The van der Waals surface area contributed by atoms with Gasteiger partial charge in [-0.15, -0.1) is 11.8 Å². The smallest absolute Gasteiger partial charge is 0.154 e. The first-order valence-electron chi connectivity index (χ1n) is 7.62. The van der Waals surface area contributed by atoms with Gasteiger partial charge in [0.2, 0.25) is 0 Å². The molecule has 3 nitrogen and oxygen atoms in total. The van der Waals surface area contributed by atoms with Crippen LogP contribution in [0.2, 0.25) is 0 Å². The number of likely N-dealkylation sites (tertiary alicyclic amines) is 1. The topological polar surface area (TPSA) is 29.3 Å². The Kier molecular flexibility index (Phi) is 4.66. The molecule has 0 bridgehead atoms. The summed E-state index contributed by atoms with van der Waals surface area (Å²) in [6.07, 6.45) is 5.45. The third-order valence-corrected chi connectivity index (χ3v) is 4.92. The fraction of sp³-hybridized carbons (Fsp3) is 0.471. The second-order valence-electron chi connectivity index (χ2n) is 5.55. The molecule has 1 aliphatic heterocycles. The number of aromatic nitrogens is 1. The Hall–Kier alpha value is -1.26. The molecule has 1 unspecified atom stereocenters. The summed E-state index contributed by atoms with van der Waals surface area (Å²) in [4.78, 5) is 3.83. The van der Waals surface area contributed by atoms with Gasteiger partial charge < -0.3 is 4.52 Å². The molecule has 1 atom stereocenters. The van der Waals surface area contributed by atoms with E-state index in [0.717, 1.165) is 31.0 Å². The van der Waals surface area contributed by atoms with Gasteiger partial charge in [-0.3, -0.25) is 4.90 Å². The molecular weight excluding hydrogens is 280 g/mol. The van der Waals surface area contributed by atoms with Crippen molar-refractivity contribution in [1.82, 2.24) is 10.1 Å². The molecule has 1 aromatic carbocycles. The molecule has 1 saturated heterocycles. The normalized spacial score (nSPS) is 19.2. The van der Waals surface area contributed by atoms with E-state index >= 15 is 0 Å². The Bertz CT molecular complexity index is 579. The van der Waals surface area contributed by atoms with Crippen molar-refractivity contribution in [2.24, 2.45) is 0 Å². The van der Waals surface area contributed by atoms with Crippen molar-refractivity contribution in [3.8, 4) is 0 Å². The fourth-order valence-corrected chi connectivity index (χ4v) is 3.36. The highest BCUT2D eigenvalue weighted by Crippen LogP contribution is 2.33.